The molecule has 0 saturated carbocycles. The van der Waals surface area contributed by atoms with Crippen molar-refractivity contribution >= 4 is 20.0 Å². The van der Waals surface area contributed by atoms with Gasteiger partial charge in [-0.15, -0.1) is 0 Å². The minimum Gasteiger partial charge on any atom is -0.256 e. The summed E-state index contributed by atoms with van der Waals surface area (Å²) in [5.74, 6) is 0. The van der Waals surface area contributed by atoms with Crippen LogP contribution in [-0.4, -0.2) is 13.4 Å². The molecule has 1 aromatic heterocycles. The van der Waals surface area contributed by atoms with Crippen LogP contribution in [0.3, 0.4) is 0 Å². The molecule has 3 nitrogen and oxygen atoms in total. The molecule has 0 atom stereocenters. The van der Waals surface area contributed by atoms with Crippen molar-refractivity contribution in [1.82, 2.24) is 4.98 Å². The Morgan fingerprint density at radius 3 is 2.64 bits per heavy atom. The Balaban J connectivity index is 2.92. The minimum absolute atomic E-state index is 0.151. The molecule has 2 rings (SSSR count). The van der Waals surface area contributed by atoms with Crippen molar-refractivity contribution in [3.63, 3.8) is 0 Å². The third-order valence-electron chi connectivity index (χ3n) is 1.88. The molecule has 2 aromatic rings. The molecular weight excluding hydrogens is 222 g/mol. The second-order valence-corrected chi connectivity index (χ2v) is 5.44. The first-order valence-corrected chi connectivity index (χ1v) is 6.29. The number of hydrogen-bond donors (Lipinski definition) is 0. The van der Waals surface area contributed by atoms with Crippen molar-refractivity contribution in [3.8, 4) is 0 Å². The number of pyridine rings is 1. The van der Waals surface area contributed by atoms with Gasteiger partial charge in [0.2, 0.25) is 0 Å². The van der Waals surface area contributed by atoms with Gasteiger partial charge in [0.1, 0.15) is 4.90 Å². The highest BCUT2D eigenvalue weighted by Crippen LogP contribution is 2.20. The predicted octanol–water partition coefficient (Wildman–Crippen LogP) is 1.21. The number of nitrogens with zero attached hydrogens (tertiary/aromatic N) is 1. The second kappa shape index (κ2) is 3.22. The van der Waals surface area contributed by atoms with Crippen molar-refractivity contribution in [3.05, 3.63) is 36.5 Å². The zero-order chi connectivity index (χ0) is 10.2. The Morgan fingerprint density at radius 1 is 1.14 bits per heavy atom. The Kier molecular flexibility index (Phi) is 2.17. The summed E-state index contributed by atoms with van der Waals surface area (Å²) in [5, 5.41) is 0.574. The molecule has 5 heteroatoms. The maximum atomic E-state index is 11.2. The van der Waals surface area contributed by atoms with E-state index >= 15 is 0 Å². The van der Waals surface area contributed by atoms with Gasteiger partial charge in [-0.1, -0.05) is 6.07 Å². The average molecular weight is 229 g/mol. The Labute approximate surface area is 85.8 Å². The molecule has 0 unspecified atom stereocenters. The van der Waals surface area contributed by atoms with E-state index in [1.807, 2.05) is 0 Å². The van der Waals surface area contributed by atoms with Gasteiger partial charge in [0.25, 0.3) is 10.7 Å². The van der Waals surface area contributed by atoms with Gasteiger partial charge in [-0.25, -0.2) is 0 Å². The summed E-state index contributed by atoms with van der Waals surface area (Å²) >= 11 is 0. The summed E-state index contributed by atoms with van der Waals surface area (Å²) in [7, 11) is 0.837. The van der Waals surface area contributed by atoms with Crippen LogP contribution in [0.2, 0.25) is 0 Å². The molecule has 0 aliphatic heterocycles. The van der Waals surface area contributed by atoms with E-state index in [-0.39, 0.29) is 4.90 Å². The van der Waals surface area contributed by atoms with Gasteiger partial charge in [0, 0.05) is 11.6 Å². The highest BCUT2D eigenvalue weighted by atomic mass is 35.7. The Bertz CT molecular complexity index is 575. The molecule has 0 saturated heterocycles. The lowest BCUT2D eigenvalue weighted by Crippen LogP contribution is -1.96. The van der Waals surface area contributed by atoms with Gasteiger partial charge in [-0.05, 0) is 24.3 Å². The molecule has 0 spiro atoms. The topological polar surface area (TPSA) is 47.0 Å². The van der Waals surface area contributed by atoms with E-state index in [1.54, 1.807) is 30.5 Å². The van der Waals surface area contributed by atoms with Crippen LogP contribution in [0, 0.1) is 10.7 Å². The van der Waals surface area contributed by atoms with E-state index in [0.29, 0.717) is 10.9 Å². The lowest BCUT2D eigenvalue weighted by molar-refractivity contribution is -0.164. The second-order valence-electron chi connectivity index (χ2n) is 2.78. The molecule has 0 radical (unpaired) electrons. The number of fused-ring (bicyclic) bond motifs is 1. The molecule has 0 aliphatic carbocycles. The fourth-order valence-corrected chi connectivity index (χ4v) is 2.42. The normalized spacial score (nSPS) is 11.8. The van der Waals surface area contributed by atoms with Crippen LogP contribution >= 0.6 is 0 Å². The summed E-state index contributed by atoms with van der Waals surface area (Å²) < 4.78 is 22.5. The first kappa shape index (κ1) is 9.43. The Morgan fingerprint density at radius 2 is 1.93 bits per heavy atom. The fourth-order valence-electron chi connectivity index (χ4n) is 1.29. The molecule has 72 valence electrons. The van der Waals surface area contributed by atoms with Crippen LogP contribution < -0.4 is 0 Å². The highest BCUT2D eigenvalue weighted by molar-refractivity contribution is 7.84. The monoisotopic (exact) mass is 228 g/mol. The number of hydrogen-bond acceptors (Lipinski definition) is 3. The van der Waals surface area contributed by atoms with Crippen LogP contribution in [0.1, 0.15) is 0 Å². The zero-order valence-corrected chi connectivity index (χ0v) is 8.68. The standard InChI is InChI=1S/C9H7ClNO2S/c10-14(12,13)9-5-1-4-8-7(9)3-2-6-11-8/h1-6,10H/q+1. The SMILES string of the molecule is O=S(=O)([ClH+])c1cccc2ncccc12. The molecule has 1 heterocycles. The predicted molar refractivity (Wildman–Crippen MR) is 50.3 cm³/mol. The van der Waals surface area contributed by atoms with Crippen molar-refractivity contribution in [1.29, 1.82) is 0 Å². The smallest absolute Gasteiger partial charge is 0.256 e. The van der Waals surface area contributed by atoms with E-state index in [9.17, 15) is 8.42 Å². The van der Waals surface area contributed by atoms with Crippen LogP contribution in [0.4, 0.5) is 0 Å². The van der Waals surface area contributed by atoms with E-state index in [4.69, 9.17) is 0 Å². The largest absolute Gasteiger partial charge is 0.409 e. The van der Waals surface area contributed by atoms with Crippen molar-refractivity contribution in [2.45, 2.75) is 4.90 Å². The van der Waals surface area contributed by atoms with Gasteiger partial charge in [0.05, 0.1) is 5.52 Å². The summed E-state index contributed by atoms with van der Waals surface area (Å²) in [6.07, 6.45) is 1.61. The number of rotatable bonds is 1. The molecule has 14 heavy (non-hydrogen) atoms. The lowest BCUT2D eigenvalue weighted by atomic mass is 10.2. The van der Waals surface area contributed by atoms with E-state index in [1.165, 1.54) is 6.07 Å². The van der Waals surface area contributed by atoms with Crippen molar-refractivity contribution in [2.24, 2.45) is 0 Å². The fraction of sp³-hybridized carbons (Fsp3) is 0. The van der Waals surface area contributed by atoms with Crippen molar-refractivity contribution in [2.75, 3.05) is 0 Å². The van der Waals surface area contributed by atoms with Gasteiger partial charge < -0.3 is 0 Å². The maximum absolute atomic E-state index is 11.2. The third-order valence-corrected chi connectivity index (χ3v) is 3.31. The molecule has 0 bridgehead atoms. The maximum Gasteiger partial charge on any atom is 0.409 e. The molecule has 1 aromatic carbocycles. The van der Waals surface area contributed by atoms with Gasteiger partial charge >= 0.3 is 9.05 Å². The molecule has 0 aliphatic rings. The van der Waals surface area contributed by atoms with E-state index < -0.39 is 9.05 Å². The van der Waals surface area contributed by atoms with Gasteiger partial charge in [0.15, 0.2) is 0 Å². The van der Waals surface area contributed by atoms with Crippen LogP contribution in [0.25, 0.3) is 10.9 Å². The first-order valence-electron chi connectivity index (χ1n) is 3.89. The summed E-state index contributed by atoms with van der Waals surface area (Å²) in [5.41, 5.74) is 0.637. The van der Waals surface area contributed by atoms with E-state index in [2.05, 4.69) is 15.7 Å². The lowest BCUT2D eigenvalue weighted by Gasteiger charge is -1.97. The molecule has 0 N–H and O–H groups in total. The quantitative estimate of drug-likeness (QED) is 0.690. The molecule has 0 fully saturated rings. The highest BCUT2D eigenvalue weighted by Gasteiger charge is 2.20. The van der Waals surface area contributed by atoms with Crippen LogP contribution in [0.5, 0.6) is 0 Å². The summed E-state index contributed by atoms with van der Waals surface area (Å²) in [6, 6.07) is 8.26. The van der Waals surface area contributed by atoms with Crippen LogP contribution in [0.15, 0.2) is 41.4 Å². The number of halogens is 1. The average Bonchev–Trinajstić information content (AvgIpc) is 2.15. The number of aromatic nitrogens is 1. The Hall–Kier alpha value is -1.13. The van der Waals surface area contributed by atoms with E-state index in [0.717, 1.165) is 0 Å². The minimum atomic E-state index is -3.59. The van der Waals surface area contributed by atoms with Crippen LogP contribution in [-0.2, 0) is 9.05 Å². The zero-order valence-electron chi connectivity index (χ0n) is 7.04. The number of benzene rings is 1. The summed E-state index contributed by atoms with van der Waals surface area (Å²) in [4.78, 5) is 4.20. The molecular formula is C9H7ClNO2S+. The van der Waals surface area contributed by atoms with Gasteiger partial charge in [-0.3, -0.25) is 4.98 Å². The van der Waals surface area contributed by atoms with Crippen molar-refractivity contribution < 1.29 is 19.1 Å². The third kappa shape index (κ3) is 1.58. The molecule has 0 amide bonds. The summed E-state index contributed by atoms with van der Waals surface area (Å²) in [6.45, 7) is 0. The van der Waals surface area contributed by atoms with Gasteiger partial charge in [-0.2, -0.15) is 8.42 Å². The first-order chi connectivity index (χ1) is 6.59.